The van der Waals surface area contributed by atoms with Gasteiger partial charge in [0.05, 0.1) is 17.3 Å². The van der Waals surface area contributed by atoms with Gasteiger partial charge in [-0.25, -0.2) is 0 Å². The van der Waals surface area contributed by atoms with Gasteiger partial charge in [0.25, 0.3) is 0 Å². The molecule has 0 radical (unpaired) electrons. The molecule has 5 heteroatoms. The monoisotopic (exact) mass is 291 g/mol. The Morgan fingerprint density at radius 1 is 1.60 bits per heavy atom. The van der Waals surface area contributed by atoms with Crippen molar-refractivity contribution in [1.29, 1.82) is 0 Å². The lowest BCUT2D eigenvalue weighted by molar-refractivity contribution is -0.140. The maximum absolute atomic E-state index is 11.1. The predicted octanol–water partition coefficient (Wildman–Crippen LogP) is 3.08. The van der Waals surface area contributed by atoms with Crippen LogP contribution in [0, 0.1) is 0 Å². The van der Waals surface area contributed by atoms with E-state index in [2.05, 4.69) is 21.2 Å². The van der Waals surface area contributed by atoms with E-state index in [1.54, 1.807) is 19.1 Å². The molecule has 15 heavy (non-hydrogen) atoms. The molecule has 0 unspecified atom stereocenters. The van der Waals surface area contributed by atoms with Crippen LogP contribution in [0.15, 0.2) is 22.7 Å². The molecule has 0 aromatic heterocycles. The number of halogens is 2. The van der Waals surface area contributed by atoms with Gasteiger partial charge < -0.3 is 10.1 Å². The van der Waals surface area contributed by atoms with E-state index in [1.165, 1.54) is 0 Å². The van der Waals surface area contributed by atoms with E-state index in [-0.39, 0.29) is 12.5 Å². The number of carbonyl (C=O) groups excluding carboxylic acids is 1. The van der Waals surface area contributed by atoms with Crippen LogP contribution in [-0.4, -0.2) is 19.1 Å². The van der Waals surface area contributed by atoms with Gasteiger partial charge in [0, 0.05) is 4.47 Å². The summed E-state index contributed by atoms with van der Waals surface area (Å²) in [5.74, 6) is -0.295. The second-order valence-electron chi connectivity index (χ2n) is 2.78. The fraction of sp³-hybridized carbons (Fsp3) is 0.300. The molecule has 0 amide bonds. The van der Waals surface area contributed by atoms with Crippen molar-refractivity contribution in [3.63, 3.8) is 0 Å². The van der Waals surface area contributed by atoms with Crippen LogP contribution in [0.2, 0.25) is 5.02 Å². The highest BCUT2D eigenvalue weighted by atomic mass is 79.9. The number of hydrogen-bond donors (Lipinski definition) is 1. The topological polar surface area (TPSA) is 38.3 Å². The van der Waals surface area contributed by atoms with Gasteiger partial charge in [-0.2, -0.15) is 0 Å². The number of rotatable bonds is 4. The van der Waals surface area contributed by atoms with Crippen LogP contribution >= 0.6 is 27.5 Å². The number of ether oxygens (including phenoxy) is 1. The minimum absolute atomic E-state index is 0.120. The third-order valence-electron chi connectivity index (χ3n) is 1.66. The summed E-state index contributed by atoms with van der Waals surface area (Å²) in [6, 6.07) is 5.40. The van der Waals surface area contributed by atoms with Crippen molar-refractivity contribution in [1.82, 2.24) is 0 Å². The molecule has 0 atom stereocenters. The summed E-state index contributed by atoms with van der Waals surface area (Å²) >= 11 is 9.24. The Hall–Kier alpha value is -0.740. The predicted molar refractivity (Wildman–Crippen MR) is 64.3 cm³/mol. The minimum Gasteiger partial charge on any atom is -0.465 e. The van der Waals surface area contributed by atoms with Gasteiger partial charge in [-0.3, -0.25) is 4.79 Å². The van der Waals surface area contributed by atoms with Gasteiger partial charge in [0.15, 0.2) is 0 Å². The molecule has 0 heterocycles. The molecular weight excluding hydrogens is 281 g/mol. The fourth-order valence-electron chi connectivity index (χ4n) is 1.01. The lowest BCUT2D eigenvalue weighted by Crippen LogP contribution is -2.16. The molecule has 0 aliphatic heterocycles. The highest BCUT2D eigenvalue weighted by Gasteiger charge is 2.04. The van der Waals surface area contributed by atoms with Crippen LogP contribution in [0.1, 0.15) is 6.92 Å². The summed E-state index contributed by atoms with van der Waals surface area (Å²) < 4.78 is 5.67. The number of nitrogens with one attached hydrogen (secondary N) is 1. The van der Waals surface area contributed by atoms with E-state index >= 15 is 0 Å². The lowest BCUT2D eigenvalue weighted by Gasteiger charge is -2.07. The van der Waals surface area contributed by atoms with Crippen LogP contribution in [0.25, 0.3) is 0 Å². The highest BCUT2D eigenvalue weighted by Crippen LogP contribution is 2.25. The molecule has 1 N–H and O–H groups in total. The minimum atomic E-state index is -0.295. The van der Waals surface area contributed by atoms with Gasteiger partial charge in [-0.1, -0.05) is 27.5 Å². The number of esters is 1. The molecule has 0 saturated heterocycles. The van der Waals surface area contributed by atoms with E-state index in [4.69, 9.17) is 16.3 Å². The van der Waals surface area contributed by atoms with E-state index in [1.807, 2.05) is 6.07 Å². The fourth-order valence-corrected chi connectivity index (χ4v) is 1.75. The molecule has 0 bridgehead atoms. The summed E-state index contributed by atoms with van der Waals surface area (Å²) in [7, 11) is 0. The van der Waals surface area contributed by atoms with Crippen molar-refractivity contribution in [2.24, 2.45) is 0 Å². The van der Waals surface area contributed by atoms with Crippen molar-refractivity contribution >= 4 is 39.2 Å². The van der Waals surface area contributed by atoms with Crippen LogP contribution in [0.3, 0.4) is 0 Å². The van der Waals surface area contributed by atoms with Crippen molar-refractivity contribution in [3.8, 4) is 0 Å². The summed E-state index contributed by atoms with van der Waals surface area (Å²) in [6.07, 6.45) is 0. The molecule has 1 aromatic rings. The number of carbonyl (C=O) groups is 1. The quantitative estimate of drug-likeness (QED) is 0.867. The zero-order valence-corrected chi connectivity index (χ0v) is 10.6. The second kappa shape index (κ2) is 5.98. The lowest BCUT2D eigenvalue weighted by atomic mass is 10.3. The number of hydrogen-bond acceptors (Lipinski definition) is 3. The SMILES string of the molecule is CCOC(=O)CNc1ccc(Br)cc1Cl. The third-order valence-corrected chi connectivity index (χ3v) is 2.47. The zero-order valence-electron chi connectivity index (χ0n) is 8.22. The molecule has 0 saturated carbocycles. The average Bonchev–Trinajstić information content (AvgIpc) is 2.17. The normalized spacial score (nSPS) is 9.80. The van der Waals surface area contributed by atoms with Gasteiger partial charge in [-0.05, 0) is 25.1 Å². The van der Waals surface area contributed by atoms with E-state index in [0.29, 0.717) is 17.3 Å². The molecular formula is C10H11BrClNO2. The Kier molecular flexibility index (Phi) is 4.91. The summed E-state index contributed by atoms with van der Waals surface area (Å²) in [5, 5.41) is 3.46. The van der Waals surface area contributed by atoms with Crippen LogP contribution in [-0.2, 0) is 9.53 Å². The van der Waals surface area contributed by atoms with Gasteiger partial charge in [0.1, 0.15) is 6.54 Å². The van der Waals surface area contributed by atoms with E-state index < -0.39 is 0 Å². The average molecular weight is 293 g/mol. The third kappa shape index (κ3) is 4.10. The van der Waals surface area contributed by atoms with Crippen molar-refractivity contribution in [2.75, 3.05) is 18.5 Å². The highest BCUT2D eigenvalue weighted by molar-refractivity contribution is 9.10. The maximum atomic E-state index is 11.1. The smallest absolute Gasteiger partial charge is 0.325 e. The Labute approximate surface area is 102 Å². The summed E-state index contributed by atoms with van der Waals surface area (Å²) in [4.78, 5) is 11.1. The van der Waals surface area contributed by atoms with E-state index in [9.17, 15) is 4.79 Å². The standard InChI is InChI=1S/C10H11BrClNO2/c1-2-15-10(14)6-13-9-4-3-7(11)5-8(9)12/h3-5,13H,2,6H2,1H3. The molecule has 82 valence electrons. The molecule has 3 nitrogen and oxygen atoms in total. The second-order valence-corrected chi connectivity index (χ2v) is 4.11. The first-order chi connectivity index (χ1) is 7.13. The number of anilines is 1. The van der Waals surface area contributed by atoms with Crippen LogP contribution < -0.4 is 5.32 Å². The summed E-state index contributed by atoms with van der Waals surface area (Å²) in [5.41, 5.74) is 0.716. The van der Waals surface area contributed by atoms with Crippen molar-refractivity contribution < 1.29 is 9.53 Å². The Morgan fingerprint density at radius 2 is 2.33 bits per heavy atom. The first kappa shape index (κ1) is 12.3. The zero-order chi connectivity index (χ0) is 11.3. The van der Waals surface area contributed by atoms with Crippen molar-refractivity contribution in [3.05, 3.63) is 27.7 Å². The molecule has 1 rings (SSSR count). The first-order valence-electron chi connectivity index (χ1n) is 4.48. The van der Waals surface area contributed by atoms with Gasteiger partial charge in [0.2, 0.25) is 0 Å². The molecule has 1 aromatic carbocycles. The largest absolute Gasteiger partial charge is 0.465 e. The van der Waals surface area contributed by atoms with Crippen LogP contribution in [0.4, 0.5) is 5.69 Å². The van der Waals surface area contributed by atoms with Gasteiger partial charge >= 0.3 is 5.97 Å². The Balaban J connectivity index is 2.54. The van der Waals surface area contributed by atoms with Gasteiger partial charge in [-0.15, -0.1) is 0 Å². The summed E-state index contributed by atoms with van der Waals surface area (Å²) in [6.45, 7) is 2.27. The van der Waals surface area contributed by atoms with Crippen molar-refractivity contribution in [2.45, 2.75) is 6.92 Å². The molecule has 0 aliphatic carbocycles. The molecule has 0 aliphatic rings. The van der Waals surface area contributed by atoms with Crippen LogP contribution in [0.5, 0.6) is 0 Å². The first-order valence-corrected chi connectivity index (χ1v) is 5.65. The van der Waals surface area contributed by atoms with E-state index in [0.717, 1.165) is 4.47 Å². The molecule has 0 spiro atoms. The number of benzene rings is 1. The molecule has 0 fully saturated rings. The maximum Gasteiger partial charge on any atom is 0.325 e. The Morgan fingerprint density at radius 3 is 2.93 bits per heavy atom. The Bertz CT molecular complexity index is 357.